The zero-order valence-corrected chi connectivity index (χ0v) is 11.8. The molecule has 1 heterocycles. The maximum Gasteiger partial charge on any atom is 0.193 e. The molecule has 0 amide bonds. The van der Waals surface area contributed by atoms with Gasteiger partial charge in [0.05, 0.1) is 13.2 Å². The van der Waals surface area contributed by atoms with Gasteiger partial charge in [0, 0.05) is 14.7 Å². The summed E-state index contributed by atoms with van der Waals surface area (Å²) >= 11 is 2.23. The molecule has 0 spiro atoms. The van der Waals surface area contributed by atoms with Crippen molar-refractivity contribution in [2.45, 2.75) is 13.2 Å². The molecular weight excluding hydrogens is 339 g/mol. The quantitative estimate of drug-likeness (QED) is 0.612. The van der Waals surface area contributed by atoms with Crippen molar-refractivity contribution in [3.63, 3.8) is 0 Å². The highest BCUT2D eigenvalue weighted by Crippen LogP contribution is 2.22. The lowest BCUT2D eigenvalue weighted by atomic mass is 9.99. The SMILES string of the molecule is O=C(c1ccc(I)cc1)c1ccc2c(c1)COC2. The predicted octanol–water partition coefficient (Wildman–Crippen LogP) is 3.55. The normalized spacial score (nSPS) is 13.4. The van der Waals surface area contributed by atoms with Crippen molar-refractivity contribution in [1.82, 2.24) is 0 Å². The minimum absolute atomic E-state index is 0.0705. The van der Waals surface area contributed by atoms with Crippen molar-refractivity contribution < 1.29 is 9.53 Å². The van der Waals surface area contributed by atoms with Gasteiger partial charge in [-0.1, -0.05) is 12.1 Å². The predicted molar refractivity (Wildman–Crippen MR) is 77.5 cm³/mol. The monoisotopic (exact) mass is 350 g/mol. The number of fused-ring (bicyclic) bond motifs is 1. The van der Waals surface area contributed by atoms with E-state index in [1.165, 1.54) is 5.56 Å². The third-order valence-corrected chi connectivity index (χ3v) is 3.81. The van der Waals surface area contributed by atoms with Gasteiger partial charge in [0.1, 0.15) is 0 Å². The molecule has 2 nitrogen and oxygen atoms in total. The Morgan fingerprint density at radius 2 is 1.61 bits per heavy atom. The molecular formula is C15H11IO2. The third kappa shape index (κ3) is 2.20. The zero-order chi connectivity index (χ0) is 12.5. The van der Waals surface area contributed by atoms with Crippen molar-refractivity contribution in [2.24, 2.45) is 0 Å². The number of ketones is 1. The van der Waals surface area contributed by atoms with E-state index in [4.69, 9.17) is 4.74 Å². The Kier molecular flexibility index (Phi) is 3.18. The number of ether oxygens (including phenoxy) is 1. The molecule has 1 aliphatic rings. The fraction of sp³-hybridized carbons (Fsp3) is 0.133. The van der Waals surface area contributed by atoms with Crippen molar-refractivity contribution in [2.75, 3.05) is 0 Å². The maximum absolute atomic E-state index is 12.3. The topological polar surface area (TPSA) is 26.3 Å². The summed E-state index contributed by atoms with van der Waals surface area (Å²) in [4.78, 5) is 12.3. The average Bonchev–Trinajstić information content (AvgIpc) is 2.86. The van der Waals surface area contributed by atoms with Crippen LogP contribution in [0, 0.1) is 3.57 Å². The van der Waals surface area contributed by atoms with Gasteiger partial charge in [0.25, 0.3) is 0 Å². The Bertz CT molecular complexity index is 602. The van der Waals surface area contributed by atoms with Gasteiger partial charge in [-0.15, -0.1) is 0 Å². The summed E-state index contributed by atoms with van der Waals surface area (Å²) in [5.41, 5.74) is 3.79. The molecule has 3 rings (SSSR count). The minimum atomic E-state index is 0.0705. The first kappa shape index (κ1) is 11.9. The molecule has 0 N–H and O–H groups in total. The number of hydrogen-bond donors (Lipinski definition) is 0. The van der Waals surface area contributed by atoms with Crippen LogP contribution in [0.1, 0.15) is 27.0 Å². The van der Waals surface area contributed by atoms with Gasteiger partial charge < -0.3 is 4.74 Å². The second-order valence-corrected chi connectivity index (χ2v) is 5.56. The van der Waals surface area contributed by atoms with Gasteiger partial charge >= 0.3 is 0 Å². The van der Waals surface area contributed by atoms with E-state index in [0.29, 0.717) is 13.2 Å². The highest BCUT2D eigenvalue weighted by Gasteiger charge is 2.15. The van der Waals surface area contributed by atoms with Crippen LogP contribution in [0.4, 0.5) is 0 Å². The summed E-state index contributed by atoms with van der Waals surface area (Å²) in [6.45, 7) is 1.27. The first-order valence-electron chi connectivity index (χ1n) is 5.74. The first-order valence-corrected chi connectivity index (χ1v) is 6.82. The maximum atomic E-state index is 12.3. The summed E-state index contributed by atoms with van der Waals surface area (Å²) in [6, 6.07) is 13.5. The lowest BCUT2D eigenvalue weighted by molar-refractivity contribution is 0.103. The van der Waals surface area contributed by atoms with Crippen LogP contribution in [0.5, 0.6) is 0 Å². The van der Waals surface area contributed by atoms with E-state index in [0.717, 1.165) is 20.3 Å². The molecule has 0 atom stereocenters. The van der Waals surface area contributed by atoms with E-state index in [2.05, 4.69) is 22.6 Å². The van der Waals surface area contributed by atoms with Gasteiger partial charge in [0.15, 0.2) is 5.78 Å². The molecule has 1 aliphatic heterocycles. The second-order valence-electron chi connectivity index (χ2n) is 4.31. The molecule has 0 saturated heterocycles. The Labute approximate surface area is 119 Å². The standard InChI is InChI=1S/C15H11IO2/c16-14-5-3-10(4-6-14)15(17)11-1-2-12-8-18-9-13(12)7-11/h1-7H,8-9H2. The van der Waals surface area contributed by atoms with Crippen LogP contribution in [0.25, 0.3) is 0 Å². The first-order chi connectivity index (χ1) is 8.74. The average molecular weight is 350 g/mol. The van der Waals surface area contributed by atoms with Crippen molar-refractivity contribution in [3.8, 4) is 0 Å². The summed E-state index contributed by atoms with van der Waals surface area (Å²) in [6.07, 6.45) is 0. The second kappa shape index (κ2) is 4.82. The summed E-state index contributed by atoms with van der Waals surface area (Å²) < 4.78 is 6.49. The largest absolute Gasteiger partial charge is 0.372 e. The van der Waals surface area contributed by atoms with E-state index >= 15 is 0 Å². The van der Waals surface area contributed by atoms with E-state index < -0.39 is 0 Å². The van der Waals surface area contributed by atoms with Gasteiger partial charge in [-0.3, -0.25) is 4.79 Å². The lowest BCUT2D eigenvalue weighted by Gasteiger charge is -2.04. The molecule has 0 aromatic heterocycles. The lowest BCUT2D eigenvalue weighted by Crippen LogP contribution is -2.02. The Hall–Kier alpha value is -1.20. The van der Waals surface area contributed by atoms with Crippen LogP contribution in [-0.2, 0) is 18.0 Å². The molecule has 3 heteroatoms. The van der Waals surface area contributed by atoms with Gasteiger partial charge in [0.2, 0.25) is 0 Å². The van der Waals surface area contributed by atoms with Crippen molar-refractivity contribution in [1.29, 1.82) is 0 Å². The van der Waals surface area contributed by atoms with Crippen LogP contribution in [0.15, 0.2) is 42.5 Å². The molecule has 0 fully saturated rings. The van der Waals surface area contributed by atoms with Crippen molar-refractivity contribution >= 4 is 28.4 Å². The van der Waals surface area contributed by atoms with E-state index in [-0.39, 0.29) is 5.78 Å². The summed E-state index contributed by atoms with van der Waals surface area (Å²) in [5, 5.41) is 0. The number of carbonyl (C=O) groups is 1. The summed E-state index contributed by atoms with van der Waals surface area (Å²) in [7, 11) is 0. The Balaban J connectivity index is 1.95. The van der Waals surface area contributed by atoms with Gasteiger partial charge in [-0.2, -0.15) is 0 Å². The molecule has 90 valence electrons. The molecule has 2 aromatic carbocycles. The molecule has 18 heavy (non-hydrogen) atoms. The molecule has 2 aromatic rings. The molecule has 0 radical (unpaired) electrons. The van der Waals surface area contributed by atoms with Gasteiger partial charge in [-0.25, -0.2) is 0 Å². The number of benzene rings is 2. The molecule has 0 aliphatic carbocycles. The number of carbonyl (C=O) groups excluding carboxylic acids is 1. The van der Waals surface area contributed by atoms with E-state index in [1.54, 1.807) is 0 Å². The Morgan fingerprint density at radius 3 is 2.39 bits per heavy atom. The van der Waals surface area contributed by atoms with Gasteiger partial charge in [-0.05, 0) is 64.0 Å². The van der Waals surface area contributed by atoms with Crippen molar-refractivity contribution in [3.05, 3.63) is 68.3 Å². The van der Waals surface area contributed by atoms with E-state index in [1.807, 2.05) is 42.5 Å². The summed E-state index contributed by atoms with van der Waals surface area (Å²) in [5.74, 6) is 0.0705. The Morgan fingerprint density at radius 1 is 0.944 bits per heavy atom. The smallest absolute Gasteiger partial charge is 0.193 e. The number of hydrogen-bond acceptors (Lipinski definition) is 2. The molecule has 0 bridgehead atoms. The fourth-order valence-electron chi connectivity index (χ4n) is 2.08. The number of halogens is 1. The molecule has 0 unspecified atom stereocenters. The van der Waals surface area contributed by atoms with Crippen LogP contribution in [0.3, 0.4) is 0 Å². The highest BCUT2D eigenvalue weighted by atomic mass is 127. The van der Waals surface area contributed by atoms with Crippen LogP contribution >= 0.6 is 22.6 Å². The third-order valence-electron chi connectivity index (χ3n) is 3.09. The van der Waals surface area contributed by atoms with Crippen LogP contribution in [-0.4, -0.2) is 5.78 Å². The van der Waals surface area contributed by atoms with Crippen LogP contribution < -0.4 is 0 Å². The number of rotatable bonds is 2. The zero-order valence-electron chi connectivity index (χ0n) is 9.65. The highest BCUT2D eigenvalue weighted by molar-refractivity contribution is 14.1. The van der Waals surface area contributed by atoms with E-state index in [9.17, 15) is 4.79 Å². The fourth-order valence-corrected chi connectivity index (χ4v) is 2.44. The van der Waals surface area contributed by atoms with Crippen LogP contribution in [0.2, 0.25) is 0 Å². The minimum Gasteiger partial charge on any atom is -0.372 e. The molecule has 0 saturated carbocycles.